The molecule has 110 valence electrons. The molecule has 0 spiro atoms. The SMILES string of the molecule is Cc1cccc(CC(=O)NCCOc2ccc(F)cc2)c1. The monoisotopic (exact) mass is 287 g/mol. The number of hydrogen-bond acceptors (Lipinski definition) is 2. The van der Waals surface area contributed by atoms with Gasteiger partial charge in [0.05, 0.1) is 13.0 Å². The second-order valence-corrected chi connectivity index (χ2v) is 4.82. The Bertz CT molecular complexity index is 596. The van der Waals surface area contributed by atoms with Gasteiger partial charge in [0.1, 0.15) is 18.2 Å². The highest BCUT2D eigenvalue weighted by Gasteiger charge is 2.03. The average Bonchev–Trinajstić information content (AvgIpc) is 2.45. The first-order valence-corrected chi connectivity index (χ1v) is 6.84. The molecular formula is C17H18FNO2. The van der Waals surface area contributed by atoms with Crippen molar-refractivity contribution in [2.45, 2.75) is 13.3 Å². The maximum Gasteiger partial charge on any atom is 0.224 e. The number of amides is 1. The summed E-state index contributed by atoms with van der Waals surface area (Å²) in [6, 6.07) is 13.7. The van der Waals surface area contributed by atoms with E-state index in [1.54, 1.807) is 12.1 Å². The summed E-state index contributed by atoms with van der Waals surface area (Å²) in [6.07, 6.45) is 0.359. The molecule has 0 aliphatic rings. The Kier molecular flexibility index (Phi) is 5.32. The van der Waals surface area contributed by atoms with Crippen molar-refractivity contribution in [1.29, 1.82) is 0 Å². The van der Waals surface area contributed by atoms with Gasteiger partial charge in [0.25, 0.3) is 0 Å². The number of rotatable bonds is 6. The summed E-state index contributed by atoms with van der Waals surface area (Å²) in [7, 11) is 0. The molecule has 0 aliphatic carbocycles. The van der Waals surface area contributed by atoms with Crippen LogP contribution in [0.4, 0.5) is 4.39 Å². The molecule has 1 amide bonds. The number of ether oxygens (including phenoxy) is 1. The number of aryl methyl sites for hydroxylation is 1. The van der Waals surface area contributed by atoms with Crippen molar-refractivity contribution < 1.29 is 13.9 Å². The lowest BCUT2D eigenvalue weighted by atomic mass is 10.1. The molecule has 0 aliphatic heterocycles. The Hall–Kier alpha value is -2.36. The minimum atomic E-state index is -0.297. The van der Waals surface area contributed by atoms with Crippen LogP contribution >= 0.6 is 0 Å². The topological polar surface area (TPSA) is 38.3 Å². The number of hydrogen-bond donors (Lipinski definition) is 1. The minimum Gasteiger partial charge on any atom is -0.492 e. The molecule has 2 aromatic carbocycles. The van der Waals surface area contributed by atoms with Crippen LogP contribution in [0.1, 0.15) is 11.1 Å². The Balaban J connectivity index is 1.68. The summed E-state index contributed by atoms with van der Waals surface area (Å²) in [4.78, 5) is 11.8. The van der Waals surface area contributed by atoms with E-state index in [4.69, 9.17) is 4.74 Å². The second-order valence-electron chi connectivity index (χ2n) is 4.82. The van der Waals surface area contributed by atoms with E-state index >= 15 is 0 Å². The van der Waals surface area contributed by atoms with Gasteiger partial charge in [0.15, 0.2) is 0 Å². The molecule has 0 saturated heterocycles. The zero-order valence-corrected chi connectivity index (χ0v) is 11.9. The third kappa shape index (κ3) is 5.26. The van der Waals surface area contributed by atoms with Crippen molar-refractivity contribution in [2.24, 2.45) is 0 Å². The van der Waals surface area contributed by atoms with Gasteiger partial charge in [0.2, 0.25) is 5.91 Å². The minimum absolute atomic E-state index is 0.0386. The summed E-state index contributed by atoms with van der Waals surface area (Å²) in [6.45, 7) is 2.77. The third-order valence-corrected chi connectivity index (χ3v) is 2.95. The van der Waals surface area contributed by atoms with Crippen molar-refractivity contribution in [3.05, 3.63) is 65.5 Å². The first-order chi connectivity index (χ1) is 10.1. The van der Waals surface area contributed by atoms with E-state index < -0.39 is 0 Å². The van der Waals surface area contributed by atoms with Gasteiger partial charge in [-0.15, -0.1) is 0 Å². The highest BCUT2D eigenvalue weighted by Crippen LogP contribution is 2.10. The number of carbonyl (C=O) groups excluding carboxylic acids is 1. The van der Waals surface area contributed by atoms with Crippen molar-refractivity contribution in [2.75, 3.05) is 13.2 Å². The Morgan fingerprint density at radius 3 is 2.67 bits per heavy atom. The summed E-state index contributed by atoms with van der Waals surface area (Å²) >= 11 is 0. The lowest BCUT2D eigenvalue weighted by Crippen LogP contribution is -2.29. The van der Waals surface area contributed by atoms with E-state index in [1.165, 1.54) is 12.1 Å². The van der Waals surface area contributed by atoms with E-state index in [1.807, 2.05) is 31.2 Å². The summed E-state index contributed by atoms with van der Waals surface area (Å²) < 4.78 is 18.1. The Labute approximate surface area is 123 Å². The van der Waals surface area contributed by atoms with Crippen molar-refractivity contribution in [3.63, 3.8) is 0 Å². The van der Waals surface area contributed by atoms with Gasteiger partial charge in [-0.25, -0.2) is 4.39 Å². The molecule has 0 fully saturated rings. The standard InChI is InChI=1S/C17H18FNO2/c1-13-3-2-4-14(11-13)12-17(20)19-9-10-21-16-7-5-15(18)6-8-16/h2-8,11H,9-10,12H2,1H3,(H,19,20). The van der Waals surface area contributed by atoms with Gasteiger partial charge in [-0.05, 0) is 36.8 Å². The largest absolute Gasteiger partial charge is 0.492 e. The van der Waals surface area contributed by atoms with Crippen LogP contribution in [-0.2, 0) is 11.2 Å². The lowest BCUT2D eigenvalue weighted by Gasteiger charge is -2.08. The molecule has 2 aromatic rings. The highest BCUT2D eigenvalue weighted by molar-refractivity contribution is 5.78. The van der Waals surface area contributed by atoms with Crippen LogP contribution in [0.2, 0.25) is 0 Å². The quantitative estimate of drug-likeness (QED) is 0.830. The van der Waals surface area contributed by atoms with Gasteiger partial charge < -0.3 is 10.1 Å². The van der Waals surface area contributed by atoms with Crippen molar-refractivity contribution in [1.82, 2.24) is 5.32 Å². The molecule has 3 nitrogen and oxygen atoms in total. The molecule has 0 aromatic heterocycles. The molecule has 0 radical (unpaired) electrons. The number of nitrogens with one attached hydrogen (secondary N) is 1. The van der Waals surface area contributed by atoms with Crippen LogP contribution in [-0.4, -0.2) is 19.1 Å². The second kappa shape index (κ2) is 7.43. The first-order valence-electron chi connectivity index (χ1n) is 6.84. The van der Waals surface area contributed by atoms with Gasteiger partial charge >= 0.3 is 0 Å². The van der Waals surface area contributed by atoms with Crippen molar-refractivity contribution >= 4 is 5.91 Å². The van der Waals surface area contributed by atoms with Crippen molar-refractivity contribution in [3.8, 4) is 5.75 Å². The third-order valence-electron chi connectivity index (χ3n) is 2.95. The zero-order chi connectivity index (χ0) is 15.1. The van der Waals surface area contributed by atoms with Gasteiger partial charge in [-0.1, -0.05) is 29.8 Å². The van der Waals surface area contributed by atoms with Crippen LogP contribution < -0.4 is 10.1 Å². The maximum atomic E-state index is 12.7. The van der Waals surface area contributed by atoms with Gasteiger partial charge in [-0.2, -0.15) is 0 Å². The van der Waals surface area contributed by atoms with E-state index in [0.717, 1.165) is 11.1 Å². The first kappa shape index (κ1) is 15.0. The Morgan fingerprint density at radius 1 is 1.19 bits per heavy atom. The predicted octanol–water partition coefficient (Wildman–Crippen LogP) is 2.87. The number of carbonyl (C=O) groups is 1. The summed E-state index contributed by atoms with van der Waals surface area (Å²) in [5.41, 5.74) is 2.13. The summed E-state index contributed by atoms with van der Waals surface area (Å²) in [5.74, 6) is 0.251. The molecule has 1 N–H and O–H groups in total. The fourth-order valence-corrected chi connectivity index (χ4v) is 1.96. The number of benzene rings is 2. The maximum absolute atomic E-state index is 12.7. The fraction of sp³-hybridized carbons (Fsp3) is 0.235. The molecular weight excluding hydrogens is 269 g/mol. The van der Waals surface area contributed by atoms with Crippen LogP contribution in [0.5, 0.6) is 5.75 Å². The lowest BCUT2D eigenvalue weighted by molar-refractivity contribution is -0.120. The van der Waals surface area contributed by atoms with Gasteiger partial charge in [-0.3, -0.25) is 4.79 Å². The summed E-state index contributed by atoms with van der Waals surface area (Å²) in [5, 5.41) is 2.79. The molecule has 0 bridgehead atoms. The van der Waals surface area contributed by atoms with Gasteiger partial charge in [0, 0.05) is 0 Å². The average molecular weight is 287 g/mol. The number of halogens is 1. The predicted molar refractivity (Wildman–Crippen MR) is 79.8 cm³/mol. The van der Waals surface area contributed by atoms with Crippen LogP contribution in [0.3, 0.4) is 0 Å². The molecule has 21 heavy (non-hydrogen) atoms. The molecule has 0 unspecified atom stereocenters. The normalized spacial score (nSPS) is 10.2. The fourth-order valence-electron chi connectivity index (χ4n) is 1.96. The molecule has 0 atom stereocenters. The van der Waals surface area contributed by atoms with Crippen LogP contribution in [0, 0.1) is 12.7 Å². The zero-order valence-electron chi connectivity index (χ0n) is 11.9. The molecule has 4 heteroatoms. The molecule has 0 heterocycles. The molecule has 0 saturated carbocycles. The van der Waals surface area contributed by atoms with Crippen LogP contribution in [0.15, 0.2) is 48.5 Å². The smallest absolute Gasteiger partial charge is 0.224 e. The molecule has 2 rings (SSSR count). The van der Waals surface area contributed by atoms with E-state index in [9.17, 15) is 9.18 Å². The Morgan fingerprint density at radius 2 is 1.95 bits per heavy atom. The van der Waals surface area contributed by atoms with E-state index in [-0.39, 0.29) is 11.7 Å². The van der Waals surface area contributed by atoms with E-state index in [2.05, 4.69) is 5.32 Å². The highest BCUT2D eigenvalue weighted by atomic mass is 19.1. The van der Waals surface area contributed by atoms with Crippen LogP contribution in [0.25, 0.3) is 0 Å². The van der Waals surface area contributed by atoms with E-state index in [0.29, 0.717) is 25.3 Å².